The van der Waals surface area contributed by atoms with Crippen LogP contribution >= 0.6 is 0 Å². The van der Waals surface area contributed by atoms with Crippen LogP contribution in [0, 0.1) is 20.8 Å². The molecular weight excluding hydrogens is 210 g/mol. The normalized spacial score (nSPS) is 17.5. The Balaban J connectivity index is 2.11. The zero-order valence-electron chi connectivity index (χ0n) is 11.0. The number of aryl methyl sites for hydroxylation is 3. The minimum absolute atomic E-state index is 0.415. The van der Waals surface area contributed by atoms with Gasteiger partial charge in [0.25, 0.3) is 0 Å². The molecule has 0 spiro atoms. The Morgan fingerprint density at radius 3 is 2.12 bits per heavy atom. The second kappa shape index (κ2) is 5.01. The van der Waals surface area contributed by atoms with E-state index >= 15 is 0 Å². The topological polar surface area (TPSA) is 20.3 Å². The van der Waals surface area contributed by atoms with Crippen molar-refractivity contribution in [3.8, 4) is 0 Å². The minimum atomic E-state index is 0.415. The van der Waals surface area contributed by atoms with Crippen molar-refractivity contribution in [2.45, 2.75) is 40.2 Å². The van der Waals surface area contributed by atoms with Crippen molar-refractivity contribution < 1.29 is 4.79 Å². The molecule has 0 aliphatic carbocycles. The molecule has 0 unspecified atom stereocenters. The zero-order chi connectivity index (χ0) is 12.4. The standard InChI is InChI=1S/C15H21NO/c1-11-8-12(2)15(13(3)9-11)10-16-6-4-14(17)5-7-16/h8-9H,4-7,10H2,1-3H3. The van der Waals surface area contributed by atoms with Crippen molar-refractivity contribution >= 4 is 5.78 Å². The first-order valence-corrected chi connectivity index (χ1v) is 6.37. The zero-order valence-corrected chi connectivity index (χ0v) is 11.0. The summed E-state index contributed by atoms with van der Waals surface area (Å²) in [5.74, 6) is 0.415. The Morgan fingerprint density at radius 2 is 1.59 bits per heavy atom. The number of ketones is 1. The van der Waals surface area contributed by atoms with E-state index in [0.29, 0.717) is 5.78 Å². The van der Waals surface area contributed by atoms with Gasteiger partial charge in [-0.2, -0.15) is 0 Å². The van der Waals surface area contributed by atoms with Gasteiger partial charge in [-0.3, -0.25) is 9.69 Å². The molecule has 1 saturated heterocycles. The molecule has 0 atom stereocenters. The third-order valence-corrected chi connectivity index (χ3v) is 3.64. The number of carbonyl (C=O) groups excluding carboxylic acids is 1. The number of nitrogens with zero attached hydrogens (tertiary/aromatic N) is 1. The minimum Gasteiger partial charge on any atom is -0.300 e. The summed E-state index contributed by atoms with van der Waals surface area (Å²) in [4.78, 5) is 13.6. The summed E-state index contributed by atoms with van der Waals surface area (Å²) < 4.78 is 0. The first-order valence-electron chi connectivity index (χ1n) is 6.37. The molecule has 1 aromatic rings. The van der Waals surface area contributed by atoms with E-state index in [1.54, 1.807) is 0 Å². The Labute approximate surface area is 104 Å². The number of hydrogen-bond acceptors (Lipinski definition) is 2. The number of Topliss-reactive ketones (excluding diaryl/α,β-unsaturated/α-hetero) is 1. The van der Waals surface area contributed by atoms with Gasteiger partial charge in [-0.25, -0.2) is 0 Å². The van der Waals surface area contributed by atoms with E-state index in [2.05, 4.69) is 37.8 Å². The van der Waals surface area contributed by atoms with Crippen LogP contribution in [0.1, 0.15) is 35.1 Å². The number of hydrogen-bond donors (Lipinski definition) is 0. The molecule has 2 nitrogen and oxygen atoms in total. The second-order valence-electron chi connectivity index (χ2n) is 5.19. The molecule has 1 fully saturated rings. The van der Waals surface area contributed by atoms with E-state index < -0.39 is 0 Å². The van der Waals surface area contributed by atoms with Crippen molar-refractivity contribution in [1.82, 2.24) is 4.90 Å². The van der Waals surface area contributed by atoms with Gasteiger partial charge in [-0.1, -0.05) is 17.7 Å². The lowest BCUT2D eigenvalue weighted by Gasteiger charge is -2.27. The first kappa shape index (κ1) is 12.3. The molecule has 2 rings (SSSR count). The van der Waals surface area contributed by atoms with Gasteiger partial charge in [0.05, 0.1) is 0 Å². The molecule has 1 aromatic carbocycles. The van der Waals surface area contributed by atoms with Crippen LogP contribution in [0.25, 0.3) is 0 Å². The van der Waals surface area contributed by atoms with Crippen LogP contribution in [0.4, 0.5) is 0 Å². The van der Waals surface area contributed by atoms with Crippen LogP contribution in [-0.4, -0.2) is 23.8 Å². The molecule has 17 heavy (non-hydrogen) atoms. The molecule has 1 aliphatic heterocycles. The third kappa shape index (κ3) is 2.95. The lowest BCUT2D eigenvalue weighted by molar-refractivity contribution is -0.121. The quantitative estimate of drug-likeness (QED) is 0.780. The summed E-state index contributed by atoms with van der Waals surface area (Å²) in [6.07, 6.45) is 1.45. The largest absolute Gasteiger partial charge is 0.300 e. The van der Waals surface area contributed by atoms with Crippen molar-refractivity contribution in [3.05, 3.63) is 34.4 Å². The van der Waals surface area contributed by atoms with Gasteiger partial charge in [0.2, 0.25) is 0 Å². The average Bonchev–Trinajstić information content (AvgIpc) is 2.26. The van der Waals surface area contributed by atoms with E-state index in [-0.39, 0.29) is 0 Å². The predicted molar refractivity (Wildman–Crippen MR) is 70.2 cm³/mol. The van der Waals surface area contributed by atoms with Crippen molar-refractivity contribution in [2.24, 2.45) is 0 Å². The third-order valence-electron chi connectivity index (χ3n) is 3.64. The van der Waals surface area contributed by atoms with Gasteiger partial charge < -0.3 is 0 Å². The Bertz CT molecular complexity index is 404. The summed E-state index contributed by atoms with van der Waals surface area (Å²) in [6.45, 7) is 9.35. The lowest BCUT2D eigenvalue weighted by Crippen LogP contribution is -2.33. The molecular formula is C15H21NO. The molecule has 1 heterocycles. The Kier molecular flexibility index (Phi) is 3.63. The molecule has 0 bridgehead atoms. The van der Waals surface area contributed by atoms with Gasteiger partial charge in [-0.15, -0.1) is 0 Å². The summed E-state index contributed by atoms with van der Waals surface area (Å²) >= 11 is 0. The van der Waals surface area contributed by atoms with E-state index in [9.17, 15) is 4.79 Å². The number of benzene rings is 1. The summed E-state index contributed by atoms with van der Waals surface area (Å²) in [5, 5.41) is 0. The summed E-state index contributed by atoms with van der Waals surface area (Å²) in [5.41, 5.74) is 5.52. The molecule has 0 amide bonds. The molecule has 1 aliphatic rings. The van der Waals surface area contributed by atoms with E-state index in [4.69, 9.17) is 0 Å². The second-order valence-corrected chi connectivity index (χ2v) is 5.19. The molecule has 0 N–H and O–H groups in total. The highest BCUT2D eigenvalue weighted by Gasteiger charge is 2.17. The number of carbonyl (C=O) groups is 1. The maximum absolute atomic E-state index is 11.2. The fraction of sp³-hybridized carbons (Fsp3) is 0.533. The molecule has 0 radical (unpaired) electrons. The van der Waals surface area contributed by atoms with Gasteiger partial charge in [0.1, 0.15) is 5.78 Å². The highest BCUT2D eigenvalue weighted by Crippen LogP contribution is 2.19. The fourth-order valence-electron chi connectivity index (χ4n) is 2.64. The first-order chi connectivity index (χ1) is 8.06. The molecule has 92 valence electrons. The Hall–Kier alpha value is -1.15. The number of piperidine rings is 1. The van der Waals surface area contributed by atoms with E-state index in [0.717, 1.165) is 32.5 Å². The summed E-state index contributed by atoms with van der Waals surface area (Å²) in [7, 11) is 0. The lowest BCUT2D eigenvalue weighted by atomic mass is 9.98. The fourth-order valence-corrected chi connectivity index (χ4v) is 2.64. The van der Waals surface area contributed by atoms with Crippen molar-refractivity contribution in [2.75, 3.05) is 13.1 Å². The van der Waals surface area contributed by atoms with Crippen molar-refractivity contribution in [3.63, 3.8) is 0 Å². The van der Waals surface area contributed by atoms with Crippen LogP contribution in [0.15, 0.2) is 12.1 Å². The van der Waals surface area contributed by atoms with Crippen LogP contribution in [0.5, 0.6) is 0 Å². The SMILES string of the molecule is Cc1cc(C)c(CN2CCC(=O)CC2)c(C)c1. The van der Waals surface area contributed by atoms with E-state index in [1.165, 1.54) is 22.3 Å². The predicted octanol–water partition coefficient (Wildman–Crippen LogP) is 2.78. The maximum Gasteiger partial charge on any atom is 0.135 e. The van der Waals surface area contributed by atoms with Crippen LogP contribution in [-0.2, 0) is 11.3 Å². The number of rotatable bonds is 2. The van der Waals surface area contributed by atoms with Crippen LogP contribution in [0.2, 0.25) is 0 Å². The molecule has 0 saturated carbocycles. The number of likely N-dealkylation sites (tertiary alicyclic amines) is 1. The molecule has 2 heteroatoms. The van der Waals surface area contributed by atoms with Crippen LogP contribution in [0.3, 0.4) is 0 Å². The van der Waals surface area contributed by atoms with Crippen LogP contribution < -0.4 is 0 Å². The maximum atomic E-state index is 11.2. The van der Waals surface area contributed by atoms with Gasteiger partial charge in [-0.05, 0) is 37.5 Å². The van der Waals surface area contributed by atoms with E-state index in [1.807, 2.05) is 0 Å². The molecule has 0 aromatic heterocycles. The highest BCUT2D eigenvalue weighted by atomic mass is 16.1. The highest BCUT2D eigenvalue weighted by molar-refractivity contribution is 5.79. The summed E-state index contributed by atoms with van der Waals surface area (Å²) in [6, 6.07) is 4.49. The monoisotopic (exact) mass is 231 g/mol. The average molecular weight is 231 g/mol. The van der Waals surface area contributed by atoms with Gasteiger partial charge in [0.15, 0.2) is 0 Å². The van der Waals surface area contributed by atoms with Crippen molar-refractivity contribution in [1.29, 1.82) is 0 Å². The van der Waals surface area contributed by atoms with Gasteiger partial charge in [0, 0.05) is 32.5 Å². The van der Waals surface area contributed by atoms with Gasteiger partial charge >= 0.3 is 0 Å². The smallest absolute Gasteiger partial charge is 0.135 e. The Morgan fingerprint density at radius 1 is 1.06 bits per heavy atom.